The summed E-state index contributed by atoms with van der Waals surface area (Å²) in [5.41, 5.74) is 0.139. The van der Waals surface area contributed by atoms with E-state index in [2.05, 4.69) is 19.9 Å². The molecule has 33 heavy (non-hydrogen) atoms. The van der Waals surface area contributed by atoms with Crippen LogP contribution in [0.5, 0.6) is 5.88 Å². The summed E-state index contributed by atoms with van der Waals surface area (Å²) < 4.78 is 44.2. The second-order valence-electron chi connectivity index (χ2n) is 8.75. The number of alkyl halides is 3. The van der Waals surface area contributed by atoms with Crippen LogP contribution in [0.1, 0.15) is 28.9 Å². The van der Waals surface area contributed by atoms with Gasteiger partial charge in [-0.1, -0.05) is 18.2 Å². The van der Waals surface area contributed by atoms with Crippen molar-refractivity contribution in [2.24, 2.45) is 11.3 Å². The Hall–Kier alpha value is -3.56. The fraction of sp³-hybridized carbons (Fsp3) is 0.348. The topological polar surface area (TPSA) is 81.1 Å². The molecule has 0 bridgehead atoms. The molecule has 2 aromatic heterocycles. The maximum absolute atomic E-state index is 13.6. The average molecular weight is 453 g/mol. The molecule has 6 rings (SSSR count). The van der Waals surface area contributed by atoms with Crippen molar-refractivity contribution < 1.29 is 22.7 Å². The van der Waals surface area contributed by atoms with Gasteiger partial charge in [0.2, 0.25) is 5.88 Å². The minimum Gasteiger partial charge on any atom is -0.471 e. The summed E-state index contributed by atoms with van der Waals surface area (Å²) in [6.45, 7) is 0.631. The molecule has 3 aromatic rings. The Kier molecular flexibility index (Phi) is 4.24. The van der Waals surface area contributed by atoms with Crippen molar-refractivity contribution in [3.05, 3.63) is 66.4 Å². The number of nitrogens with zero attached hydrogens (tertiary/aromatic N) is 5. The number of aromatic nitrogens is 4. The predicted octanol–water partition coefficient (Wildman–Crippen LogP) is 3.63. The van der Waals surface area contributed by atoms with Crippen molar-refractivity contribution in [2.75, 3.05) is 6.54 Å². The van der Waals surface area contributed by atoms with E-state index in [4.69, 9.17) is 4.74 Å². The molecular formula is C23H18F3N5O2. The monoisotopic (exact) mass is 453 g/mol. The first kappa shape index (κ1) is 20.1. The van der Waals surface area contributed by atoms with Gasteiger partial charge >= 0.3 is 6.18 Å². The van der Waals surface area contributed by atoms with Crippen LogP contribution in [0.4, 0.5) is 13.2 Å². The Morgan fingerprint density at radius 2 is 1.82 bits per heavy atom. The first-order valence-corrected chi connectivity index (χ1v) is 10.6. The van der Waals surface area contributed by atoms with Crippen LogP contribution < -0.4 is 4.74 Å². The number of benzene rings is 1. The van der Waals surface area contributed by atoms with Crippen LogP contribution in [0.3, 0.4) is 0 Å². The van der Waals surface area contributed by atoms with Crippen molar-refractivity contribution in [3.63, 3.8) is 0 Å². The number of carbonyl (C=O) groups excluding carboxylic acids is 1. The van der Waals surface area contributed by atoms with Crippen molar-refractivity contribution in [2.45, 2.75) is 31.2 Å². The normalized spacial score (nSPS) is 27.4. The third-order valence-corrected chi connectivity index (χ3v) is 6.97. The quantitative estimate of drug-likeness (QED) is 0.600. The van der Waals surface area contributed by atoms with Gasteiger partial charge in [0.15, 0.2) is 11.5 Å². The Labute approximate surface area is 186 Å². The third-order valence-electron chi connectivity index (χ3n) is 6.97. The SMILES string of the molecule is O=C(c1ccccc1-c1ncccn1)N1CC2CC23CC(Oc2cnc(C(F)(F)F)cn2)C13. The molecule has 7 nitrogen and oxygen atoms in total. The van der Waals surface area contributed by atoms with Crippen LogP contribution in [-0.4, -0.2) is 49.4 Å². The maximum atomic E-state index is 13.6. The lowest BCUT2D eigenvalue weighted by atomic mass is 9.73. The lowest BCUT2D eigenvalue weighted by Crippen LogP contribution is -2.59. The molecule has 0 radical (unpaired) electrons. The third kappa shape index (κ3) is 3.15. The highest BCUT2D eigenvalue weighted by Gasteiger charge is 2.76. The van der Waals surface area contributed by atoms with Crippen LogP contribution in [0.15, 0.2) is 55.1 Å². The highest BCUT2D eigenvalue weighted by atomic mass is 19.4. The molecule has 3 aliphatic rings. The van der Waals surface area contributed by atoms with Crippen molar-refractivity contribution in [1.29, 1.82) is 0 Å². The van der Waals surface area contributed by atoms with E-state index in [9.17, 15) is 18.0 Å². The van der Waals surface area contributed by atoms with E-state index >= 15 is 0 Å². The number of hydrogen-bond acceptors (Lipinski definition) is 6. The molecule has 1 amide bonds. The molecule has 2 aliphatic carbocycles. The molecule has 2 saturated carbocycles. The Morgan fingerprint density at radius 1 is 1.03 bits per heavy atom. The van der Waals surface area contributed by atoms with E-state index in [1.807, 2.05) is 17.0 Å². The molecule has 0 N–H and O–H groups in total. The second-order valence-corrected chi connectivity index (χ2v) is 8.75. The van der Waals surface area contributed by atoms with Crippen LogP contribution in [0.25, 0.3) is 11.4 Å². The van der Waals surface area contributed by atoms with Crippen molar-refractivity contribution >= 4 is 5.91 Å². The molecule has 1 saturated heterocycles. The summed E-state index contributed by atoms with van der Waals surface area (Å²) in [5, 5.41) is 0. The predicted molar refractivity (Wildman–Crippen MR) is 109 cm³/mol. The van der Waals surface area contributed by atoms with E-state index < -0.39 is 11.9 Å². The van der Waals surface area contributed by atoms with Gasteiger partial charge in [-0.25, -0.2) is 19.9 Å². The van der Waals surface area contributed by atoms with E-state index in [1.54, 1.807) is 30.6 Å². The second kappa shape index (κ2) is 6.97. The number of likely N-dealkylation sites (tertiary alicyclic amines) is 1. The number of rotatable bonds is 4. The molecule has 10 heteroatoms. The summed E-state index contributed by atoms with van der Waals surface area (Å²) in [6.07, 6.45) is 1.79. The summed E-state index contributed by atoms with van der Waals surface area (Å²) in [4.78, 5) is 31.2. The first-order chi connectivity index (χ1) is 15.9. The zero-order chi connectivity index (χ0) is 22.8. The number of amides is 1. The molecule has 168 valence electrons. The van der Waals surface area contributed by atoms with Crippen LogP contribution >= 0.6 is 0 Å². The van der Waals surface area contributed by atoms with Gasteiger partial charge in [0, 0.05) is 29.9 Å². The van der Waals surface area contributed by atoms with Gasteiger partial charge in [-0.15, -0.1) is 0 Å². The van der Waals surface area contributed by atoms with Gasteiger partial charge < -0.3 is 9.64 Å². The Morgan fingerprint density at radius 3 is 2.55 bits per heavy atom. The van der Waals surface area contributed by atoms with E-state index in [1.165, 1.54) is 0 Å². The van der Waals surface area contributed by atoms with Crippen LogP contribution in [0, 0.1) is 11.3 Å². The fourth-order valence-corrected chi connectivity index (χ4v) is 5.39. The largest absolute Gasteiger partial charge is 0.471 e. The van der Waals surface area contributed by atoms with Crippen molar-refractivity contribution in [3.8, 4) is 17.3 Å². The summed E-state index contributed by atoms with van der Waals surface area (Å²) in [7, 11) is 0. The zero-order valence-electron chi connectivity index (χ0n) is 17.2. The molecule has 1 aromatic carbocycles. The van der Waals surface area contributed by atoms with Crippen molar-refractivity contribution in [1.82, 2.24) is 24.8 Å². The van der Waals surface area contributed by atoms with Gasteiger partial charge in [0.1, 0.15) is 6.10 Å². The summed E-state index contributed by atoms with van der Waals surface area (Å²) in [6, 6.07) is 8.79. The molecule has 4 unspecified atom stereocenters. The molecule has 1 spiro atoms. The Bertz CT molecular complexity index is 1220. The number of piperidine rings is 1. The average Bonchev–Trinajstić information content (AvgIpc) is 3.47. The number of ether oxygens (including phenoxy) is 1. The fourth-order valence-electron chi connectivity index (χ4n) is 5.39. The Balaban J connectivity index is 1.25. The highest BCUT2D eigenvalue weighted by molar-refractivity contribution is 6.00. The molecule has 3 fully saturated rings. The molecule has 3 heterocycles. The molecule has 4 atom stereocenters. The van der Waals surface area contributed by atoms with E-state index in [0.717, 1.165) is 19.0 Å². The lowest BCUT2D eigenvalue weighted by Gasteiger charge is -2.47. The van der Waals surface area contributed by atoms with E-state index in [-0.39, 0.29) is 29.3 Å². The number of hydrogen-bond donors (Lipinski definition) is 0. The highest BCUT2D eigenvalue weighted by Crippen LogP contribution is 2.71. The van der Waals surface area contributed by atoms with Gasteiger partial charge in [-0.05, 0) is 30.9 Å². The number of carbonyl (C=O) groups is 1. The minimum absolute atomic E-state index is 0.0254. The standard InChI is InChI=1S/C23H18F3N5O2/c24-23(25,26)17-10-30-18(11-29-17)33-16-9-22-8-13(22)12-31(19(16)22)21(32)15-5-2-1-4-14(15)20-27-6-3-7-28-20/h1-7,10-11,13,16,19H,8-9,12H2. The summed E-state index contributed by atoms with van der Waals surface area (Å²) >= 11 is 0. The first-order valence-electron chi connectivity index (χ1n) is 10.6. The van der Waals surface area contributed by atoms with Gasteiger partial charge in [-0.3, -0.25) is 4.79 Å². The van der Waals surface area contributed by atoms with E-state index in [0.29, 0.717) is 35.6 Å². The summed E-state index contributed by atoms with van der Waals surface area (Å²) in [5.74, 6) is 0.797. The smallest absolute Gasteiger partial charge is 0.434 e. The van der Waals surface area contributed by atoms with Crippen LogP contribution in [0.2, 0.25) is 0 Å². The molecular weight excluding hydrogens is 435 g/mol. The lowest BCUT2D eigenvalue weighted by molar-refractivity contribution is -0.141. The van der Waals surface area contributed by atoms with Gasteiger partial charge in [0.05, 0.1) is 24.0 Å². The maximum Gasteiger partial charge on any atom is 0.434 e. The van der Waals surface area contributed by atoms with Crippen LogP contribution in [-0.2, 0) is 6.18 Å². The van der Waals surface area contributed by atoms with Gasteiger partial charge in [-0.2, -0.15) is 13.2 Å². The van der Waals surface area contributed by atoms with Gasteiger partial charge in [0.25, 0.3) is 5.91 Å². The minimum atomic E-state index is -4.56. The zero-order valence-corrected chi connectivity index (χ0v) is 17.2. The molecule has 1 aliphatic heterocycles. The number of halogens is 3.